The number of H-pyrrole nitrogens is 1. The number of rotatable bonds is 7. The Hall–Kier alpha value is -4.58. The van der Waals surface area contributed by atoms with Crippen molar-refractivity contribution in [2.75, 3.05) is 0 Å². The molecule has 0 unspecified atom stereocenters. The summed E-state index contributed by atoms with van der Waals surface area (Å²) in [6, 6.07) is 28.5. The fourth-order valence-corrected chi connectivity index (χ4v) is 4.04. The zero-order chi connectivity index (χ0) is 24.2. The van der Waals surface area contributed by atoms with E-state index in [1.54, 1.807) is 24.3 Å². The second-order valence-electron chi connectivity index (χ2n) is 8.19. The van der Waals surface area contributed by atoms with E-state index in [4.69, 9.17) is 4.74 Å². The molecule has 0 saturated heterocycles. The predicted molar refractivity (Wildman–Crippen MR) is 134 cm³/mol. The molecule has 174 valence electrons. The van der Waals surface area contributed by atoms with Crippen LogP contribution >= 0.6 is 0 Å². The van der Waals surface area contributed by atoms with Gasteiger partial charge in [-0.15, -0.1) is 0 Å². The van der Waals surface area contributed by atoms with Crippen LogP contribution in [0.5, 0.6) is 11.5 Å². The molecule has 0 spiro atoms. The summed E-state index contributed by atoms with van der Waals surface area (Å²) in [7, 11) is 0. The third-order valence-electron chi connectivity index (χ3n) is 5.76. The van der Waals surface area contributed by atoms with Crippen LogP contribution in [0.15, 0.2) is 97.1 Å². The van der Waals surface area contributed by atoms with Gasteiger partial charge in [0.05, 0.1) is 0 Å². The molecule has 1 amide bonds. The van der Waals surface area contributed by atoms with Crippen molar-refractivity contribution in [1.29, 1.82) is 0 Å². The molecule has 0 aliphatic rings. The second-order valence-corrected chi connectivity index (χ2v) is 8.19. The number of hydrogen-bond acceptors (Lipinski definition) is 3. The van der Waals surface area contributed by atoms with Crippen LogP contribution < -0.4 is 10.1 Å². The Balaban J connectivity index is 1.33. The number of amides is 1. The highest BCUT2D eigenvalue weighted by Gasteiger charge is 2.19. The molecule has 0 atom stereocenters. The van der Waals surface area contributed by atoms with Crippen LogP contribution in [0.4, 0.5) is 4.39 Å². The van der Waals surface area contributed by atoms with E-state index in [9.17, 15) is 14.3 Å². The van der Waals surface area contributed by atoms with Crippen molar-refractivity contribution >= 4 is 16.8 Å². The molecule has 0 saturated carbocycles. The summed E-state index contributed by atoms with van der Waals surface area (Å²) >= 11 is 0. The van der Waals surface area contributed by atoms with Gasteiger partial charge < -0.3 is 20.1 Å². The number of aromatic amines is 1. The van der Waals surface area contributed by atoms with Crippen molar-refractivity contribution in [1.82, 2.24) is 10.3 Å². The summed E-state index contributed by atoms with van der Waals surface area (Å²) in [5, 5.41) is 13.9. The van der Waals surface area contributed by atoms with Gasteiger partial charge in [-0.05, 0) is 47.0 Å². The minimum Gasteiger partial charge on any atom is -0.504 e. The number of fused-ring (bicyclic) bond motifs is 1. The number of hydrogen-bond donors (Lipinski definition) is 3. The number of benzene rings is 4. The molecular formula is C29H23FN2O3. The molecule has 5 rings (SSSR count). The molecule has 35 heavy (non-hydrogen) atoms. The van der Waals surface area contributed by atoms with Gasteiger partial charge in [-0.3, -0.25) is 4.79 Å². The molecule has 0 fully saturated rings. The van der Waals surface area contributed by atoms with Gasteiger partial charge in [0.25, 0.3) is 5.91 Å². The van der Waals surface area contributed by atoms with Crippen molar-refractivity contribution in [2.45, 2.75) is 13.2 Å². The van der Waals surface area contributed by atoms with Crippen molar-refractivity contribution < 1.29 is 19.0 Å². The third kappa shape index (κ3) is 4.87. The lowest BCUT2D eigenvalue weighted by Crippen LogP contribution is -2.23. The van der Waals surface area contributed by atoms with Gasteiger partial charge in [0.15, 0.2) is 11.5 Å². The van der Waals surface area contributed by atoms with Crippen LogP contribution in [0, 0.1) is 5.82 Å². The molecule has 0 bridgehead atoms. The SMILES string of the molecule is O=C(NCc1ccc(OCc2ccccc2)c(O)c1)c1[nH]c2ccc(F)cc2c1-c1ccccc1. The molecule has 5 nitrogen and oxygen atoms in total. The van der Waals surface area contributed by atoms with E-state index < -0.39 is 0 Å². The molecule has 5 aromatic rings. The highest BCUT2D eigenvalue weighted by atomic mass is 19.1. The molecule has 0 aliphatic heterocycles. The van der Waals surface area contributed by atoms with Gasteiger partial charge in [0, 0.05) is 23.0 Å². The normalized spacial score (nSPS) is 10.9. The number of phenols is 1. The first-order valence-corrected chi connectivity index (χ1v) is 11.2. The standard InChI is InChI=1S/C29H23FN2O3/c30-22-12-13-24-23(16-22)27(21-9-5-2-6-10-21)28(32-24)29(34)31-17-20-11-14-26(25(33)15-20)35-18-19-7-3-1-4-8-19/h1-16,32-33H,17-18H2,(H,31,34). The monoisotopic (exact) mass is 466 g/mol. The van der Waals surface area contributed by atoms with Crippen LogP contribution in [-0.2, 0) is 13.2 Å². The molecule has 0 radical (unpaired) electrons. The Kier molecular flexibility index (Phi) is 6.18. The van der Waals surface area contributed by atoms with Crippen molar-refractivity contribution in [3.8, 4) is 22.6 Å². The summed E-state index contributed by atoms with van der Waals surface area (Å²) in [6.45, 7) is 0.539. The maximum absolute atomic E-state index is 14.0. The van der Waals surface area contributed by atoms with E-state index in [0.717, 1.165) is 11.1 Å². The van der Waals surface area contributed by atoms with Gasteiger partial charge in [0.2, 0.25) is 0 Å². The lowest BCUT2D eigenvalue weighted by atomic mass is 10.0. The summed E-state index contributed by atoms with van der Waals surface area (Å²) in [5.74, 6) is -0.332. The highest BCUT2D eigenvalue weighted by molar-refractivity contribution is 6.09. The zero-order valence-corrected chi connectivity index (χ0v) is 18.8. The maximum atomic E-state index is 14.0. The molecule has 6 heteroatoms. The lowest BCUT2D eigenvalue weighted by molar-refractivity contribution is 0.0947. The van der Waals surface area contributed by atoms with E-state index in [2.05, 4.69) is 10.3 Å². The number of phenolic OH excluding ortho intramolecular Hbond substituents is 1. The third-order valence-corrected chi connectivity index (χ3v) is 5.76. The smallest absolute Gasteiger partial charge is 0.268 e. The number of aromatic nitrogens is 1. The Bertz CT molecular complexity index is 1480. The summed E-state index contributed by atoms with van der Waals surface area (Å²) in [5.41, 5.74) is 4.19. The molecule has 1 heterocycles. The van der Waals surface area contributed by atoms with E-state index in [1.807, 2.05) is 60.7 Å². The quantitative estimate of drug-likeness (QED) is 0.268. The average molecular weight is 467 g/mol. The Morgan fingerprint density at radius 2 is 1.63 bits per heavy atom. The fraction of sp³-hybridized carbons (Fsp3) is 0.0690. The molecule has 0 aliphatic carbocycles. The Morgan fingerprint density at radius 1 is 0.886 bits per heavy atom. The number of ether oxygens (including phenoxy) is 1. The Morgan fingerprint density at radius 3 is 2.37 bits per heavy atom. The number of carbonyl (C=O) groups is 1. The molecular weight excluding hydrogens is 443 g/mol. The molecule has 1 aromatic heterocycles. The van der Waals surface area contributed by atoms with Gasteiger partial charge >= 0.3 is 0 Å². The zero-order valence-electron chi connectivity index (χ0n) is 18.8. The van der Waals surface area contributed by atoms with Crippen LogP contribution in [0.1, 0.15) is 21.6 Å². The van der Waals surface area contributed by atoms with Crippen molar-refractivity contribution in [3.63, 3.8) is 0 Å². The first kappa shape index (κ1) is 22.2. The van der Waals surface area contributed by atoms with Gasteiger partial charge in [-0.25, -0.2) is 4.39 Å². The minimum atomic E-state index is -0.370. The van der Waals surface area contributed by atoms with Gasteiger partial charge in [-0.1, -0.05) is 66.7 Å². The topological polar surface area (TPSA) is 74.3 Å². The van der Waals surface area contributed by atoms with Gasteiger partial charge in [0.1, 0.15) is 18.1 Å². The average Bonchev–Trinajstić information content (AvgIpc) is 3.26. The van der Waals surface area contributed by atoms with Crippen molar-refractivity contribution in [2.24, 2.45) is 0 Å². The second kappa shape index (κ2) is 9.73. The number of aromatic hydroxyl groups is 1. The summed E-state index contributed by atoms with van der Waals surface area (Å²) in [4.78, 5) is 16.3. The predicted octanol–water partition coefficient (Wildman–Crippen LogP) is 6.19. The van der Waals surface area contributed by atoms with Crippen LogP contribution in [0.25, 0.3) is 22.0 Å². The molecule has 4 aromatic carbocycles. The van der Waals surface area contributed by atoms with E-state index in [-0.39, 0.29) is 24.0 Å². The van der Waals surface area contributed by atoms with Crippen LogP contribution in [-0.4, -0.2) is 16.0 Å². The lowest BCUT2D eigenvalue weighted by Gasteiger charge is -2.11. The van der Waals surface area contributed by atoms with E-state index >= 15 is 0 Å². The maximum Gasteiger partial charge on any atom is 0.268 e. The largest absolute Gasteiger partial charge is 0.504 e. The van der Waals surface area contributed by atoms with E-state index in [0.29, 0.717) is 40.1 Å². The van der Waals surface area contributed by atoms with Crippen molar-refractivity contribution in [3.05, 3.63) is 120 Å². The molecule has 3 N–H and O–H groups in total. The number of carbonyl (C=O) groups excluding carboxylic acids is 1. The highest BCUT2D eigenvalue weighted by Crippen LogP contribution is 2.33. The fourth-order valence-electron chi connectivity index (χ4n) is 4.04. The first-order valence-electron chi connectivity index (χ1n) is 11.2. The van der Waals surface area contributed by atoms with Crippen LogP contribution in [0.3, 0.4) is 0 Å². The Labute approximate surface area is 201 Å². The van der Waals surface area contributed by atoms with Crippen LogP contribution in [0.2, 0.25) is 0 Å². The first-order chi connectivity index (χ1) is 17.1. The number of nitrogens with one attached hydrogen (secondary N) is 2. The van der Waals surface area contributed by atoms with Gasteiger partial charge in [-0.2, -0.15) is 0 Å². The summed E-state index contributed by atoms with van der Waals surface area (Å²) < 4.78 is 19.7. The summed E-state index contributed by atoms with van der Waals surface area (Å²) in [6.07, 6.45) is 0. The van der Waals surface area contributed by atoms with E-state index in [1.165, 1.54) is 12.1 Å². The minimum absolute atomic E-state index is 0.00116. The number of halogens is 1.